The van der Waals surface area contributed by atoms with E-state index in [0.717, 1.165) is 38.4 Å². The molecule has 0 aliphatic carbocycles. The van der Waals surface area contributed by atoms with Crippen LogP contribution in [-0.4, -0.2) is 55.2 Å². The third-order valence-corrected chi connectivity index (χ3v) is 6.00. The topological polar surface area (TPSA) is 77.1 Å². The summed E-state index contributed by atoms with van der Waals surface area (Å²) in [7, 11) is 0. The molecule has 1 fully saturated rings. The zero-order valence-corrected chi connectivity index (χ0v) is 16.9. The molecule has 2 aromatic heterocycles. The highest BCUT2D eigenvalue weighted by molar-refractivity contribution is 5.99. The molecule has 2 aliphatic rings. The van der Waals surface area contributed by atoms with Crippen molar-refractivity contribution in [2.75, 3.05) is 39.4 Å². The third-order valence-electron chi connectivity index (χ3n) is 6.00. The SMILES string of the molecule is Cc1ccc2oc3c(c(=O)c2c1)[C@H](c1ccccn1)N(CC[NH+]1CCOCC1)C3=O. The summed E-state index contributed by atoms with van der Waals surface area (Å²) in [6.07, 6.45) is 1.69. The Morgan fingerprint density at radius 2 is 2.00 bits per heavy atom. The van der Waals surface area contributed by atoms with Crippen LogP contribution in [0.1, 0.15) is 33.4 Å². The van der Waals surface area contributed by atoms with Gasteiger partial charge in [0, 0.05) is 6.20 Å². The maximum Gasteiger partial charge on any atom is 0.291 e. The Bertz CT molecular complexity index is 1150. The molecule has 1 amide bonds. The first-order valence-electron chi connectivity index (χ1n) is 10.3. The normalized spacial score (nSPS) is 19.4. The van der Waals surface area contributed by atoms with E-state index in [-0.39, 0.29) is 17.1 Å². The van der Waals surface area contributed by atoms with Gasteiger partial charge in [-0.25, -0.2) is 0 Å². The van der Waals surface area contributed by atoms with Crippen molar-refractivity contribution in [3.05, 3.63) is 75.4 Å². The maximum atomic E-state index is 13.5. The second-order valence-electron chi connectivity index (χ2n) is 7.94. The molecule has 0 radical (unpaired) electrons. The summed E-state index contributed by atoms with van der Waals surface area (Å²) < 4.78 is 11.4. The number of nitrogens with one attached hydrogen (secondary N) is 1. The quantitative estimate of drug-likeness (QED) is 0.698. The third kappa shape index (κ3) is 3.20. The highest BCUT2D eigenvalue weighted by atomic mass is 16.5. The fourth-order valence-corrected chi connectivity index (χ4v) is 4.40. The van der Waals surface area contributed by atoms with Crippen LogP contribution in [0.15, 0.2) is 51.8 Å². The molecule has 0 unspecified atom stereocenters. The summed E-state index contributed by atoms with van der Waals surface area (Å²) in [5.74, 6) is -0.100. The van der Waals surface area contributed by atoms with E-state index in [9.17, 15) is 9.59 Å². The van der Waals surface area contributed by atoms with Crippen LogP contribution < -0.4 is 10.3 Å². The van der Waals surface area contributed by atoms with Crippen LogP contribution in [0.3, 0.4) is 0 Å². The van der Waals surface area contributed by atoms with Gasteiger partial charge in [-0.3, -0.25) is 14.6 Å². The first kappa shape index (κ1) is 19.0. The number of fused-ring (bicyclic) bond motifs is 2. The second kappa shape index (κ2) is 7.66. The number of hydrogen-bond donors (Lipinski definition) is 1. The summed E-state index contributed by atoms with van der Waals surface area (Å²) in [6, 6.07) is 10.5. The van der Waals surface area contributed by atoms with Gasteiger partial charge in [0.1, 0.15) is 24.7 Å². The van der Waals surface area contributed by atoms with Crippen LogP contribution in [0.2, 0.25) is 0 Å². The van der Waals surface area contributed by atoms with E-state index >= 15 is 0 Å². The van der Waals surface area contributed by atoms with Gasteiger partial charge in [0.05, 0.1) is 42.9 Å². The molecule has 1 aromatic carbocycles. The molecule has 4 heterocycles. The summed E-state index contributed by atoms with van der Waals surface area (Å²) in [6.45, 7) is 6.56. The fraction of sp³-hybridized carbons (Fsp3) is 0.348. The number of benzene rings is 1. The zero-order valence-electron chi connectivity index (χ0n) is 16.9. The Hall–Kier alpha value is -3.03. The number of nitrogens with zero attached hydrogens (tertiary/aromatic N) is 2. The molecule has 0 spiro atoms. The Balaban J connectivity index is 1.60. The molecule has 2 aliphatic heterocycles. The molecule has 7 nitrogen and oxygen atoms in total. The Kier molecular flexibility index (Phi) is 4.84. The minimum atomic E-state index is -0.532. The molecule has 0 bridgehead atoms. The van der Waals surface area contributed by atoms with Crippen molar-refractivity contribution in [3.63, 3.8) is 0 Å². The fourth-order valence-electron chi connectivity index (χ4n) is 4.40. The van der Waals surface area contributed by atoms with Gasteiger partial charge in [0.2, 0.25) is 5.76 Å². The van der Waals surface area contributed by atoms with E-state index in [2.05, 4.69) is 4.98 Å². The highest BCUT2D eigenvalue weighted by Gasteiger charge is 2.43. The van der Waals surface area contributed by atoms with E-state index in [1.807, 2.05) is 37.3 Å². The second-order valence-corrected chi connectivity index (χ2v) is 7.94. The molecular formula is C23H24N3O4+. The van der Waals surface area contributed by atoms with Crippen LogP contribution in [0.5, 0.6) is 0 Å². The first-order chi connectivity index (χ1) is 14.6. The van der Waals surface area contributed by atoms with Crippen molar-refractivity contribution in [1.29, 1.82) is 0 Å². The molecule has 30 heavy (non-hydrogen) atoms. The molecule has 1 saturated heterocycles. The lowest BCUT2D eigenvalue weighted by Gasteiger charge is -2.28. The highest BCUT2D eigenvalue weighted by Crippen LogP contribution is 2.36. The van der Waals surface area contributed by atoms with Gasteiger partial charge < -0.3 is 19.0 Å². The predicted molar refractivity (Wildman–Crippen MR) is 111 cm³/mol. The summed E-state index contributed by atoms with van der Waals surface area (Å²) in [5, 5.41) is 0.503. The molecule has 154 valence electrons. The number of quaternary nitrogens is 1. The van der Waals surface area contributed by atoms with Gasteiger partial charge in [-0.2, -0.15) is 0 Å². The standard InChI is InChI=1S/C23H23N3O4/c1-15-5-6-18-16(14-15)21(27)19-20(17-4-2-3-7-24-17)26(23(28)22(19)30-18)9-8-25-10-12-29-13-11-25/h2-7,14,20H,8-13H2,1H3/p+1/t20-/m0/s1. The average Bonchev–Trinajstić information content (AvgIpc) is 3.06. The number of carbonyl (C=O) groups excluding carboxylic acids is 1. The van der Waals surface area contributed by atoms with Crippen LogP contribution in [0.4, 0.5) is 0 Å². The van der Waals surface area contributed by atoms with Crippen LogP contribution in [0, 0.1) is 6.92 Å². The molecule has 7 heteroatoms. The number of pyridine rings is 1. The molecule has 3 aromatic rings. The lowest BCUT2D eigenvalue weighted by atomic mass is 10.0. The minimum Gasteiger partial charge on any atom is -0.450 e. The summed E-state index contributed by atoms with van der Waals surface area (Å²) >= 11 is 0. The van der Waals surface area contributed by atoms with Gasteiger partial charge in [-0.1, -0.05) is 17.7 Å². The number of amides is 1. The Morgan fingerprint density at radius 1 is 1.17 bits per heavy atom. The van der Waals surface area contributed by atoms with Crippen LogP contribution in [-0.2, 0) is 4.74 Å². The van der Waals surface area contributed by atoms with E-state index in [1.165, 1.54) is 4.90 Å². The average molecular weight is 406 g/mol. The van der Waals surface area contributed by atoms with E-state index < -0.39 is 6.04 Å². The molecular weight excluding hydrogens is 382 g/mol. The maximum absolute atomic E-state index is 13.5. The van der Waals surface area contributed by atoms with Crippen molar-refractivity contribution < 1.29 is 18.8 Å². The van der Waals surface area contributed by atoms with Crippen molar-refractivity contribution >= 4 is 16.9 Å². The first-order valence-corrected chi connectivity index (χ1v) is 10.3. The number of morpholine rings is 1. The molecule has 0 saturated carbocycles. The smallest absolute Gasteiger partial charge is 0.291 e. The Morgan fingerprint density at radius 3 is 2.77 bits per heavy atom. The molecule has 5 rings (SSSR count). The van der Waals surface area contributed by atoms with Crippen LogP contribution >= 0.6 is 0 Å². The van der Waals surface area contributed by atoms with Gasteiger partial charge in [-0.15, -0.1) is 0 Å². The number of aromatic nitrogens is 1. The van der Waals surface area contributed by atoms with E-state index in [0.29, 0.717) is 28.8 Å². The van der Waals surface area contributed by atoms with Crippen molar-refractivity contribution in [3.8, 4) is 0 Å². The number of hydrogen-bond acceptors (Lipinski definition) is 5. The number of ether oxygens (including phenoxy) is 1. The van der Waals surface area contributed by atoms with Crippen molar-refractivity contribution in [1.82, 2.24) is 9.88 Å². The van der Waals surface area contributed by atoms with Gasteiger partial charge in [-0.05, 0) is 31.2 Å². The number of aryl methyl sites for hydroxylation is 1. The Labute approximate surface area is 173 Å². The van der Waals surface area contributed by atoms with Crippen molar-refractivity contribution in [2.24, 2.45) is 0 Å². The number of carbonyl (C=O) groups is 1. The van der Waals surface area contributed by atoms with Crippen molar-refractivity contribution in [2.45, 2.75) is 13.0 Å². The van der Waals surface area contributed by atoms with Gasteiger partial charge in [0.25, 0.3) is 5.91 Å². The molecule has 1 N–H and O–H groups in total. The zero-order chi connectivity index (χ0) is 20.7. The molecule has 1 atom stereocenters. The van der Waals surface area contributed by atoms with Crippen LogP contribution in [0.25, 0.3) is 11.0 Å². The lowest BCUT2D eigenvalue weighted by Crippen LogP contribution is -3.14. The summed E-state index contributed by atoms with van der Waals surface area (Å²) in [4.78, 5) is 34.4. The minimum absolute atomic E-state index is 0.143. The summed E-state index contributed by atoms with van der Waals surface area (Å²) in [5.41, 5.74) is 2.34. The van der Waals surface area contributed by atoms with E-state index in [1.54, 1.807) is 17.2 Å². The monoisotopic (exact) mass is 406 g/mol. The number of rotatable bonds is 4. The van der Waals surface area contributed by atoms with Gasteiger partial charge >= 0.3 is 0 Å². The lowest BCUT2D eigenvalue weighted by molar-refractivity contribution is -0.907. The largest absolute Gasteiger partial charge is 0.450 e. The predicted octanol–water partition coefficient (Wildman–Crippen LogP) is 0.957. The van der Waals surface area contributed by atoms with E-state index in [4.69, 9.17) is 9.15 Å². The van der Waals surface area contributed by atoms with Gasteiger partial charge in [0.15, 0.2) is 5.43 Å².